The maximum atomic E-state index is 11.6. The van der Waals surface area contributed by atoms with Crippen LogP contribution in [0.15, 0.2) is 0 Å². The molecule has 0 aliphatic heterocycles. The normalized spacial score (nSPS) is 13.2. The van der Waals surface area contributed by atoms with Gasteiger partial charge in [-0.1, -0.05) is 168 Å². The molecule has 0 aliphatic rings. The molecule has 3 nitrogen and oxygen atoms in total. The summed E-state index contributed by atoms with van der Waals surface area (Å²) in [5, 5.41) is 9.55. The van der Waals surface area contributed by atoms with Crippen LogP contribution in [-0.4, -0.2) is 23.3 Å². The number of aliphatic carboxylic acids is 1. The average molecular weight is 497 g/mol. The molecule has 0 saturated carbocycles. The summed E-state index contributed by atoms with van der Waals surface area (Å²) in [6.45, 7) is 6.60. The van der Waals surface area contributed by atoms with Gasteiger partial charge in [-0.05, 0) is 19.8 Å². The quantitative estimate of drug-likeness (QED) is 0.105. The van der Waals surface area contributed by atoms with E-state index in [1.807, 2.05) is 0 Å². The lowest BCUT2D eigenvalue weighted by atomic mass is 10.0. The van der Waals surface area contributed by atoms with Gasteiger partial charge >= 0.3 is 5.97 Å². The van der Waals surface area contributed by atoms with Crippen LogP contribution in [0.2, 0.25) is 0 Å². The Balaban J connectivity index is 3.56. The summed E-state index contributed by atoms with van der Waals surface area (Å²) in [5.74, 6) is -0.783. The molecule has 1 N–H and O–H groups in total. The Morgan fingerprint density at radius 1 is 0.514 bits per heavy atom. The van der Waals surface area contributed by atoms with Crippen molar-refractivity contribution in [3.8, 4) is 0 Å². The summed E-state index contributed by atoms with van der Waals surface area (Å²) in [6, 6.07) is 0. The average Bonchev–Trinajstić information content (AvgIpc) is 2.84. The molecule has 0 fully saturated rings. The summed E-state index contributed by atoms with van der Waals surface area (Å²) in [5.41, 5.74) is 0. The third-order valence-corrected chi connectivity index (χ3v) is 7.46. The van der Waals surface area contributed by atoms with E-state index in [-0.39, 0.29) is 6.10 Å². The summed E-state index contributed by atoms with van der Waals surface area (Å²) >= 11 is 0. The van der Waals surface area contributed by atoms with Crippen molar-refractivity contribution in [2.75, 3.05) is 0 Å². The van der Waals surface area contributed by atoms with E-state index in [1.54, 1.807) is 0 Å². The van der Waals surface area contributed by atoms with Gasteiger partial charge in [-0.2, -0.15) is 0 Å². The van der Waals surface area contributed by atoms with E-state index in [9.17, 15) is 9.90 Å². The molecule has 0 radical (unpaired) electrons. The van der Waals surface area contributed by atoms with Gasteiger partial charge in [-0.25, -0.2) is 4.79 Å². The highest BCUT2D eigenvalue weighted by molar-refractivity contribution is 5.72. The fraction of sp³-hybridized carbons (Fsp3) is 0.969. The van der Waals surface area contributed by atoms with Gasteiger partial charge in [0.2, 0.25) is 0 Å². The van der Waals surface area contributed by atoms with Crippen molar-refractivity contribution < 1.29 is 14.6 Å². The summed E-state index contributed by atoms with van der Waals surface area (Å²) in [4.78, 5) is 11.6. The molecule has 0 amide bonds. The van der Waals surface area contributed by atoms with Gasteiger partial charge in [-0.15, -0.1) is 0 Å². The second-order valence-corrected chi connectivity index (χ2v) is 11.1. The molecule has 2 unspecified atom stereocenters. The number of carbonyl (C=O) groups is 1. The van der Waals surface area contributed by atoms with Crippen LogP contribution in [0.5, 0.6) is 0 Å². The lowest BCUT2D eigenvalue weighted by Crippen LogP contribution is -2.28. The standard InChI is InChI=1S/C32H64O3/c1-4-6-8-10-12-14-16-18-20-22-24-26-28-30(3)35-31(32(33)34)29-27-25-23-21-19-17-15-13-11-9-7-5-2/h30-31H,4-29H2,1-3H3,(H,33,34). The van der Waals surface area contributed by atoms with E-state index in [1.165, 1.54) is 135 Å². The molecule has 0 aromatic rings. The van der Waals surface area contributed by atoms with E-state index in [0.717, 1.165) is 25.7 Å². The third-order valence-electron chi connectivity index (χ3n) is 7.46. The van der Waals surface area contributed by atoms with Gasteiger partial charge in [0.1, 0.15) is 0 Å². The lowest BCUT2D eigenvalue weighted by molar-refractivity contribution is -0.154. The molecule has 0 spiro atoms. The third kappa shape index (κ3) is 26.3. The van der Waals surface area contributed by atoms with Gasteiger partial charge < -0.3 is 9.84 Å². The first-order valence-corrected chi connectivity index (χ1v) is 16.0. The zero-order valence-electron chi connectivity index (χ0n) is 24.3. The maximum absolute atomic E-state index is 11.6. The van der Waals surface area contributed by atoms with Crippen LogP contribution in [0.25, 0.3) is 0 Å². The first-order chi connectivity index (χ1) is 17.1. The fourth-order valence-electron chi connectivity index (χ4n) is 5.04. The Kier molecular flexibility index (Phi) is 27.6. The molecule has 2 atom stereocenters. The first-order valence-electron chi connectivity index (χ1n) is 16.0. The smallest absolute Gasteiger partial charge is 0.332 e. The first kappa shape index (κ1) is 34.4. The van der Waals surface area contributed by atoms with Crippen molar-refractivity contribution in [1.29, 1.82) is 0 Å². The van der Waals surface area contributed by atoms with Crippen molar-refractivity contribution in [1.82, 2.24) is 0 Å². The van der Waals surface area contributed by atoms with Crippen molar-refractivity contribution in [2.45, 2.75) is 200 Å². The van der Waals surface area contributed by atoms with Crippen LogP contribution in [0.4, 0.5) is 0 Å². The highest BCUT2D eigenvalue weighted by Crippen LogP contribution is 2.17. The minimum Gasteiger partial charge on any atom is -0.479 e. The van der Waals surface area contributed by atoms with E-state index in [4.69, 9.17) is 4.74 Å². The van der Waals surface area contributed by atoms with Crippen LogP contribution >= 0.6 is 0 Å². The Labute approximate surface area is 220 Å². The van der Waals surface area contributed by atoms with Gasteiger partial charge in [0.15, 0.2) is 6.10 Å². The zero-order chi connectivity index (χ0) is 25.8. The minimum absolute atomic E-state index is 0.0524. The molecule has 210 valence electrons. The number of ether oxygens (including phenoxy) is 1. The van der Waals surface area contributed by atoms with E-state index in [0.29, 0.717) is 6.42 Å². The molecule has 0 bridgehead atoms. The molecule has 0 heterocycles. The SMILES string of the molecule is CCCCCCCCCCCCCCC(C)OC(CCCCCCCCCCCCCC)C(=O)O. The predicted octanol–water partition coefficient (Wildman–Crippen LogP) is 11.0. The molecule has 0 aromatic carbocycles. The second-order valence-electron chi connectivity index (χ2n) is 11.1. The molecule has 35 heavy (non-hydrogen) atoms. The van der Waals surface area contributed by atoms with Crippen molar-refractivity contribution in [2.24, 2.45) is 0 Å². The maximum Gasteiger partial charge on any atom is 0.332 e. The van der Waals surface area contributed by atoms with Crippen LogP contribution < -0.4 is 0 Å². The largest absolute Gasteiger partial charge is 0.479 e. The number of carboxylic acid groups (broad SMARTS) is 1. The van der Waals surface area contributed by atoms with Crippen molar-refractivity contribution >= 4 is 5.97 Å². The molecule has 0 aliphatic carbocycles. The van der Waals surface area contributed by atoms with Gasteiger partial charge in [0.05, 0.1) is 6.10 Å². The molecular formula is C32H64O3. The lowest BCUT2D eigenvalue weighted by Gasteiger charge is -2.19. The number of carboxylic acids is 1. The summed E-state index contributed by atoms with van der Waals surface area (Å²) < 4.78 is 5.91. The molecule has 3 heteroatoms. The van der Waals surface area contributed by atoms with Gasteiger partial charge in [0.25, 0.3) is 0 Å². The van der Waals surface area contributed by atoms with Crippen LogP contribution in [0, 0.1) is 0 Å². The van der Waals surface area contributed by atoms with E-state index < -0.39 is 12.1 Å². The van der Waals surface area contributed by atoms with Gasteiger partial charge in [0, 0.05) is 0 Å². The predicted molar refractivity (Wildman–Crippen MR) is 153 cm³/mol. The topological polar surface area (TPSA) is 46.5 Å². The molecule has 0 rings (SSSR count). The van der Waals surface area contributed by atoms with Crippen LogP contribution in [-0.2, 0) is 9.53 Å². The monoisotopic (exact) mass is 496 g/mol. The van der Waals surface area contributed by atoms with Gasteiger partial charge in [-0.3, -0.25) is 0 Å². The van der Waals surface area contributed by atoms with E-state index >= 15 is 0 Å². The highest BCUT2D eigenvalue weighted by Gasteiger charge is 2.20. The number of hydrogen-bond donors (Lipinski definition) is 1. The van der Waals surface area contributed by atoms with Crippen molar-refractivity contribution in [3.63, 3.8) is 0 Å². The number of hydrogen-bond acceptors (Lipinski definition) is 2. The summed E-state index contributed by atoms with van der Waals surface area (Å²) in [6.07, 6.45) is 32.9. The Bertz CT molecular complexity index is 423. The number of unbranched alkanes of at least 4 members (excludes halogenated alkanes) is 22. The number of rotatable bonds is 29. The highest BCUT2D eigenvalue weighted by atomic mass is 16.5. The summed E-state index contributed by atoms with van der Waals surface area (Å²) in [7, 11) is 0. The van der Waals surface area contributed by atoms with Crippen molar-refractivity contribution in [3.05, 3.63) is 0 Å². The Morgan fingerprint density at radius 3 is 1.11 bits per heavy atom. The fourth-order valence-corrected chi connectivity index (χ4v) is 5.04. The Hall–Kier alpha value is -0.570. The second kappa shape index (κ2) is 28.0. The minimum atomic E-state index is -0.783. The molecule has 0 saturated heterocycles. The Morgan fingerprint density at radius 2 is 0.800 bits per heavy atom. The zero-order valence-corrected chi connectivity index (χ0v) is 24.3. The molecular weight excluding hydrogens is 432 g/mol. The van der Waals surface area contributed by atoms with Crippen LogP contribution in [0.3, 0.4) is 0 Å². The van der Waals surface area contributed by atoms with Crippen LogP contribution in [0.1, 0.15) is 188 Å². The molecule has 0 aromatic heterocycles. The van der Waals surface area contributed by atoms with E-state index in [2.05, 4.69) is 20.8 Å².